The molecular formula is C21H25N3OS. The standard InChI is InChI=1S/C21H25N3OS/c1-14-7-4-5-8-18(14)16(3)22-21(26)23-17-11-10-15(2)19(13-17)24-12-6-9-20(24)25/h4-5,7-8,10-11,13,16H,6,9,12H2,1-3H3,(H2,22,23,26)/t16-/m0/s1. The van der Waals surface area contributed by atoms with Gasteiger partial charge in [-0.05, 0) is 68.2 Å². The number of carbonyl (C=O) groups excluding carboxylic acids is 1. The lowest BCUT2D eigenvalue weighted by Gasteiger charge is -2.21. The first-order valence-corrected chi connectivity index (χ1v) is 9.40. The van der Waals surface area contributed by atoms with E-state index in [4.69, 9.17) is 12.2 Å². The van der Waals surface area contributed by atoms with Crippen molar-refractivity contribution in [1.82, 2.24) is 5.32 Å². The van der Waals surface area contributed by atoms with E-state index < -0.39 is 0 Å². The van der Waals surface area contributed by atoms with Crippen LogP contribution in [0, 0.1) is 13.8 Å². The molecule has 0 aliphatic carbocycles. The first kappa shape index (κ1) is 18.4. The van der Waals surface area contributed by atoms with Gasteiger partial charge in [-0.3, -0.25) is 4.79 Å². The van der Waals surface area contributed by atoms with Crippen molar-refractivity contribution in [3.05, 3.63) is 59.2 Å². The van der Waals surface area contributed by atoms with Gasteiger partial charge >= 0.3 is 0 Å². The molecule has 0 aromatic heterocycles. The van der Waals surface area contributed by atoms with Crippen LogP contribution in [0.1, 0.15) is 42.5 Å². The molecule has 0 saturated carbocycles. The Bertz CT molecular complexity index is 834. The Morgan fingerprint density at radius 2 is 1.92 bits per heavy atom. The Morgan fingerprint density at radius 3 is 2.62 bits per heavy atom. The molecule has 0 spiro atoms. The Morgan fingerprint density at radius 1 is 1.15 bits per heavy atom. The van der Waals surface area contributed by atoms with Crippen molar-refractivity contribution in [3.8, 4) is 0 Å². The zero-order valence-corrected chi connectivity index (χ0v) is 16.3. The third-order valence-corrected chi connectivity index (χ3v) is 5.05. The molecule has 1 saturated heterocycles. The van der Waals surface area contributed by atoms with E-state index in [1.165, 1.54) is 11.1 Å². The zero-order valence-electron chi connectivity index (χ0n) is 15.5. The SMILES string of the molecule is Cc1ccccc1[C@H](C)NC(=S)Nc1ccc(C)c(N2CCCC2=O)c1. The van der Waals surface area contributed by atoms with E-state index in [-0.39, 0.29) is 11.9 Å². The summed E-state index contributed by atoms with van der Waals surface area (Å²) in [4.78, 5) is 13.9. The van der Waals surface area contributed by atoms with E-state index in [0.717, 1.165) is 29.9 Å². The minimum Gasteiger partial charge on any atom is -0.356 e. The number of thiocarbonyl (C=S) groups is 1. The van der Waals surface area contributed by atoms with Gasteiger partial charge in [0.25, 0.3) is 0 Å². The maximum absolute atomic E-state index is 12.1. The summed E-state index contributed by atoms with van der Waals surface area (Å²) in [7, 11) is 0. The fourth-order valence-electron chi connectivity index (χ4n) is 3.40. The van der Waals surface area contributed by atoms with Crippen molar-refractivity contribution in [3.63, 3.8) is 0 Å². The minimum absolute atomic E-state index is 0.112. The van der Waals surface area contributed by atoms with Crippen molar-refractivity contribution >= 4 is 34.6 Å². The van der Waals surface area contributed by atoms with E-state index in [1.807, 2.05) is 42.2 Å². The van der Waals surface area contributed by atoms with Gasteiger partial charge in [0.15, 0.2) is 5.11 Å². The molecule has 1 amide bonds. The van der Waals surface area contributed by atoms with Crippen molar-refractivity contribution in [2.45, 2.75) is 39.7 Å². The van der Waals surface area contributed by atoms with Crippen LogP contribution >= 0.6 is 12.2 Å². The number of carbonyl (C=O) groups is 1. The molecule has 3 rings (SSSR count). The lowest BCUT2D eigenvalue weighted by Crippen LogP contribution is -2.31. The number of anilines is 2. The van der Waals surface area contributed by atoms with Crippen molar-refractivity contribution < 1.29 is 4.79 Å². The van der Waals surface area contributed by atoms with Gasteiger partial charge in [-0.1, -0.05) is 30.3 Å². The van der Waals surface area contributed by atoms with Crippen molar-refractivity contribution in [2.75, 3.05) is 16.8 Å². The highest BCUT2D eigenvalue weighted by Crippen LogP contribution is 2.28. The van der Waals surface area contributed by atoms with E-state index in [1.54, 1.807) is 0 Å². The summed E-state index contributed by atoms with van der Waals surface area (Å²) in [6.45, 7) is 7.01. The van der Waals surface area contributed by atoms with Crippen LogP contribution in [-0.2, 0) is 4.79 Å². The molecule has 1 heterocycles. The molecule has 2 N–H and O–H groups in total. The summed E-state index contributed by atoms with van der Waals surface area (Å²) in [5.41, 5.74) is 5.41. The van der Waals surface area contributed by atoms with Gasteiger partial charge in [0.1, 0.15) is 0 Å². The summed E-state index contributed by atoms with van der Waals surface area (Å²) >= 11 is 5.49. The average molecular weight is 368 g/mol. The number of nitrogens with one attached hydrogen (secondary N) is 2. The summed E-state index contributed by atoms with van der Waals surface area (Å²) in [5, 5.41) is 7.16. The minimum atomic E-state index is 0.112. The predicted molar refractivity (Wildman–Crippen MR) is 112 cm³/mol. The highest BCUT2D eigenvalue weighted by atomic mass is 32.1. The van der Waals surface area contributed by atoms with Gasteiger partial charge < -0.3 is 15.5 Å². The maximum Gasteiger partial charge on any atom is 0.227 e. The molecular weight excluding hydrogens is 342 g/mol. The van der Waals surface area contributed by atoms with Gasteiger partial charge in [-0.25, -0.2) is 0 Å². The van der Waals surface area contributed by atoms with Crippen LogP contribution < -0.4 is 15.5 Å². The van der Waals surface area contributed by atoms with Gasteiger partial charge in [-0.15, -0.1) is 0 Å². The predicted octanol–water partition coefficient (Wildman–Crippen LogP) is 4.48. The fraction of sp³-hybridized carbons (Fsp3) is 0.333. The molecule has 0 radical (unpaired) electrons. The highest BCUT2D eigenvalue weighted by Gasteiger charge is 2.23. The Hall–Kier alpha value is -2.40. The Kier molecular flexibility index (Phi) is 5.57. The molecule has 1 aliphatic heterocycles. The number of hydrogen-bond acceptors (Lipinski definition) is 2. The van der Waals surface area contributed by atoms with Crippen molar-refractivity contribution in [2.24, 2.45) is 0 Å². The molecule has 2 aromatic carbocycles. The summed E-state index contributed by atoms with van der Waals surface area (Å²) in [6, 6.07) is 14.4. The quantitative estimate of drug-likeness (QED) is 0.782. The molecule has 1 aliphatic rings. The number of amides is 1. The molecule has 136 valence electrons. The highest BCUT2D eigenvalue weighted by molar-refractivity contribution is 7.80. The van der Waals surface area contributed by atoms with Gasteiger partial charge in [0.2, 0.25) is 5.91 Å². The lowest BCUT2D eigenvalue weighted by atomic mass is 10.0. The molecule has 26 heavy (non-hydrogen) atoms. The smallest absolute Gasteiger partial charge is 0.227 e. The lowest BCUT2D eigenvalue weighted by molar-refractivity contribution is -0.117. The van der Waals surface area contributed by atoms with Crippen LogP contribution in [0.3, 0.4) is 0 Å². The number of nitrogens with zero attached hydrogens (tertiary/aromatic N) is 1. The molecule has 2 aromatic rings. The van der Waals surface area contributed by atoms with E-state index in [0.29, 0.717) is 11.5 Å². The molecule has 1 fully saturated rings. The Labute approximate surface area is 160 Å². The van der Waals surface area contributed by atoms with Crippen LogP contribution in [0.5, 0.6) is 0 Å². The van der Waals surface area contributed by atoms with Crippen LogP contribution in [0.2, 0.25) is 0 Å². The zero-order chi connectivity index (χ0) is 18.7. The largest absolute Gasteiger partial charge is 0.356 e. The molecule has 5 heteroatoms. The monoisotopic (exact) mass is 367 g/mol. The van der Waals surface area contributed by atoms with Crippen molar-refractivity contribution in [1.29, 1.82) is 0 Å². The molecule has 0 unspecified atom stereocenters. The Balaban J connectivity index is 1.70. The third kappa shape index (κ3) is 4.05. The topological polar surface area (TPSA) is 44.4 Å². The molecule has 0 bridgehead atoms. The molecule has 4 nitrogen and oxygen atoms in total. The van der Waals surface area contributed by atoms with Gasteiger partial charge in [0.05, 0.1) is 6.04 Å². The number of rotatable bonds is 4. The van der Waals surface area contributed by atoms with E-state index >= 15 is 0 Å². The van der Waals surface area contributed by atoms with Gasteiger partial charge in [0, 0.05) is 24.3 Å². The average Bonchev–Trinajstić information content (AvgIpc) is 3.02. The summed E-state index contributed by atoms with van der Waals surface area (Å²) < 4.78 is 0. The first-order valence-electron chi connectivity index (χ1n) is 9.00. The van der Waals surface area contributed by atoms with Gasteiger partial charge in [-0.2, -0.15) is 0 Å². The number of aryl methyl sites for hydroxylation is 2. The van der Waals surface area contributed by atoms with Crippen LogP contribution in [0.4, 0.5) is 11.4 Å². The summed E-state index contributed by atoms with van der Waals surface area (Å²) in [6.07, 6.45) is 1.55. The van der Waals surface area contributed by atoms with E-state index in [9.17, 15) is 4.79 Å². The van der Waals surface area contributed by atoms with Crippen LogP contribution in [-0.4, -0.2) is 17.6 Å². The number of hydrogen-bond donors (Lipinski definition) is 2. The molecule has 1 atom stereocenters. The third-order valence-electron chi connectivity index (χ3n) is 4.83. The second-order valence-corrected chi connectivity index (χ2v) is 7.24. The maximum atomic E-state index is 12.1. The normalized spacial score (nSPS) is 15.0. The number of benzene rings is 2. The fourth-order valence-corrected chi connectivity index (χ4v) is 3.69. The first-order chi connectivity index (χ1) is 12.5. The van der Waals surface area contributed by atoms with E-state index in [2.05, 4.69) is 36.6 Å². The van der Waals surface area contributed by atoms with Crippen LogP contribution in [0.25, 0.3) is 0 Å². The van der Waals surface area contributed by atoms with Crippen LogP contribution in [0.15, 0.2) is 42.5 Å². The summed E-state index contributed by atoms with van der Waals surface area (Å²) in [5.74, 6) is 0.194. The second kappa shape index (κ2) is 7.87. The second-order valence-electron chi connectivity index (χ2n) is 6.83.